The van der Waals surface area contributed by atoms with Crippen molar-refractivity contribution in [3.05, 3.63) is 29.8 Å². The number of rotatable bonds is 8. The second-order valence-electron chi connectivity index (χ2n) is 4.81. The van der Waals surface area contributed by atoms with Gasteiger partial charge in [0, 0.05) is 5.69 Å². The number of aryl methyl sites for hydroxylation is 1. The standard InChI is InChI=1S/C16H25NO2/c1-4-6-8-15(16(18)19-3)17-14-11-9-13(7-5-2)10-12-14/h9-12,15,17H,4-8H2,1-3H3. The number of nitrogens with one attached hydrogen (secondary N) is 1. The van der Waals surface area contributed by atoms with Gasteiger partial charge in [0.25, 0.3) is 0 Å². The maximum atomic E-state index is 11.7. The highest BCUT2D eigenvalue weighted by molar-refractivity contribution is 5.79. The molecular formula is C16H25NO2. The van der Waals surface area contributed by atoms with Crippen LogP contribution in [0, 0.1) is 0 Å². The van der Waals surface area contributed by atoms with Gasteiger partial charge in [0.1, 0.15) is 6.04 Å². The minimum atomic E-state index is -0.248. The van der Waals surface area contributed by atoms with Crippen molar-refractivity contribution >= 4 is 11.7 Å². The van der Waals surface area contributed by atoms with Crippen LogP contribution >= 0.6 is 0 Å². The van der Waals surface area contributed by atoms with Gasteiger partial charge in [-0.05, 0) is 30.5 Å². The lowest BCUT2D eigenvalue weighted by atomic mass is 10.1. The highest BCUT2D eigenvalue weighted by atomic mass is 16.5. The maximum absolute atomic E-state index is 11.7. The highest BCUT2D eigenvalue weighted by Crippen LogP contribution is 2.15. The van der Waals surface area contributed by atoms with Gasteiger partial charge >= 0.3 is 5.97 Å². The Kier molecular flexibility index (Phi) is 7.01. The lowest BCUT2D eigenvalue weighted by Gasteiger charge is -2.17. The lowest BCUT2D eigenvalue weighted by molar-refractivity contribution is -0.141. The third kappa shape index (κ3) is 5.33. The van der Waals surface area contributed by atoms with Crippen molar-refractivity contribution in [3.8, 4) is 0 Å². The van der Waals surface area contributed by atoms with Crippen molar-refractivity contribution in [1.82, 2.24) is 0 Å². The van der Waals surface area contributed by atoms with Gasteiger partial charge in [-0.3, -0.25) is 0 Å². The topological polar surface area (TPSA) is 38.3 Å². The number of benzene rings is 1. The zero-order chi connectivity index (χ0) is 14.1. The summed E-state index contributed by atoms with van der Waals surface area (Å²) in [5.41, 5.74) is 2.31. The normalized spacial score (nSPS) is 11.9. The predicted molar refractivity (Wildman–Crippen MR) is 79.4 cm³/mol. The summed E-state index contributed by atoms with van der Waals surface area (Å²) in [5, 5.41) is 3.26. The Morgan fingerprint density at radius 1 is 1.21 bits per heavy atom. The van der Waals surface area contributed by atoms with Crippen LogP contribution in [0.5, 0.6) is 0 Å². The molecule has 1 rings (SSSR count). The second kappa shape index (κ2) is 8.57. The minimum absolute atomic E-state index is 0.189. The molecule has 1 aromatic rings. The molecule has 3 nitrogen and oxygen atoms in total. The summed E-state index contributed by atoms with van der Waals surface area (Å²) in [6.07, 6.45) is 5.13. The first-order chi connectivity index (χ1) is 9.21. The van der Waals surface area contributed by atoms with E-state index in [-0.39, 0.29) is 12.0 Å². The van der Waals surface area contributed by atoms with Crippen molar-refractivity contribution in [2.45, 2.75) is 52.0 Å². The quantitative estimate of drug-likeness (QED) is 0.725. The Labute approximate surface area is 116 Å². The number of methoxy groups -OCH3 is 1. The molecule has 0 heterocycles. The average Bonchev–Trinajstić information content (AvgIpc) is 2.44. The van der Waals surface area contributed by atoms with Gasteiger partial charge in [-0.25, -0.2) is 4.79 Å². The molecule has 106 valence electrons. The van der Waals surface area contributed by atoms with Gasteiger partial charge in [0.2, 0.25) is 0 Å². The average molecular weight is 263 g/mol. The summed E-state index contributed by atoms with van der Waals surface area (Å²) >= 11 is 0. The Balaban J connectivity index is 2.64. The van der Waals surface area contributed by atoms with Gasteiger partial charge in [0.15, 0.2) is 0 Å². The molecule has 0 amide bonds. The molecule has 0 aliphatic carbocycles. The molecule has 1 unspecified atom stereocenters. The van der Waals surface area contributed by atoms with Gasteiger partial charge < -0.3 is 10.1 Å². The fraction of sp³-hybridized carbons (Fsp3) is 0.562. The molecule has 0 aliphatic rings. The summed E-state index contributed by atoms with van der Waals surface area (Å²) in [6.45, 7) is 4.29. The monoisotopic (exact) mass is 263 g/mol. The molecule has 0 fully saturated rings. The molecule has 1 aromatic carbocycles. The number of carbonyl (C=O) groups is 1. The third-order valence-electron chi connectivity index (χ3n) is 3.17. The summed E-state index contributed by atoms with van der Waals surface area (Å²) < 4.78 is 4.84. The van der Waals surface area contributed by atoms with E-state index in [1.807, 2.05) is 12.1 Å². The van der Waals surface area contributed by atoms with Crippen LogP contribution < -0.4 is 5.32 Å². The zero-order valence-corrected chi connectivity index (χ0v) is 12.2. The number of carbonyl (C=O) groups excluding carboxylic acids is 1. The number of esters is 1. The third-order valence-corrected chi connectivity index (χ3v) is 3.17. The Morgan fingerprint density at radius 3 is 2.42 bits per heavy atom. The van der Waals surface area contributed by atoms with Gasteiger partial charge in [-0.15, -0.1) is 0 Å². The maximum Gasteiger partial charge on any atom is 0.328 e. The molecule has 1 N–H and O–H groups in total. The second-order valence-corrected chi connectivity index (χ2v) is 4.81. The lowest BCUT2D eigenvalue weighted by Crippen LogP contribution is -2.30. The van der Waals surface area contributed by atoms with E-state index in [0.29, 0.717) is 0 Å². The van der Waals surface area contributed by atoms with Crippen LogP contribution in [0.4, 0.5) is 5.69 Å². The van der Waals surface area contributed by atoms with Crippen molar-refractivity contribution in [1.29, 1.82) is 0 Å². The number of hydrogen-bond acceptors (Lipinski definition) is 3. The molecule has 0 saturated heterocycles. The molecule has 0 spiro atoms. The van der Waals surface area contributed by atoms with Gasteiger partial charge in [-0.2, -0.15) is 0 Å². The van der Waals surface area contributed by atoms with Crippen LogP contribution in [0.2, 0.25) is 0 Å². The van der Waals surface area contributed by atoms with Crippen LogP contribution in [0.3, 0.4) is 0 Å². The fourth-order valence-corrected chi connectivity index (χ4v) is 2.06. The molecule has 0 aromatic heterocycles. The number of ether oxygens (including phenoxy) is 1. The van der Waals surface area contributed by atoms with Crippen LogP contribution in [-0.4, -0.2) is 19.1 Å². The first-order valence-electron chi connectivity index (χ1n) is 7.14. The van der Waals surface area contributed by atoms with Crippen LogP contribution in [0.1, 0.15) is 45.1 Å². The van der Waals surface area contributed by atoms with Crippen molar-refractivity contribution in [2.24, 2.45) is 0 Å². The summed E-state index contributed by atoms with van der Waals surface area (Å²) in [7, 11) is 1.44. The first-order valence-corrected chi connectivity index (χ1v) is 7.14. The molecule has 1 atom stereocenters. The predicted octanol–water partition coefficient (Wildman–Crippen LogP) is 3.78. The molecule has 0 aliphatic heterocycles. The van der Waals surface area contributed by atoms with Crippen molar-refractivity contribution in [3.63, 3.8) is 0 Å². The molecular weight excluding hydrogens is 238 g/mol. The molecule has 0 bridgehead atoms. The van der Waals surface area contributed by atoms with E-state index in [2.05, 4.69) is 31.3 Å². The van der Waals surface area contributed by atoms with E-state index in [1.54, 1.807) is 0 Å². The first kappa shape index (κ1) is 15.5. The van der Waals surface area contributed by atoms with Crippen molar-refractivity contribution < 1.29 is 9.53 Å². The highest BCUT2D eigenvalue weighted by Gasteiger charge is 2.17. The fourth-order valence-electron chi connectivity index (χ4n) is 2.06. The van der Waals surface area contributed by atoms with E-state index >= 15 is 0 Å². The smallest absolute Gasteiger partial charge is 0.328 e. The molecule has 3 heteroatoms. The number of anilines is 1. The summed E-state index contributed by atoms with van der Waals surface area (Å²) in [5.74, 6) is -0.189. The zero-order valence-electron chi connectivity index (χ0n) is 12.2. The van der Waals surface area contributed by atoms with E-state index in [0.717, 1.165) is 37.8 Å². The summed E-state index contributed by atoms with van der Waals surface area (Å²) in [4.78, 5) is 11.7. The SMILES string of the molecule is CCCCC(Nc1ccc(CCC)cc1)C(=O)OC. The summed E-state index contributed by atoms with van der Waals surface area (Å²) in [6, 6.07) is 8.04. The van der Waals surface area contributed by atoms with Crippen LogP contribution in [-0.2, 0) is 16.0 Å². The molecule has 0 saturated carbocycles. The number of hydrogen-bond donors (Lipinski definition) is 1. The molecule has 19 heavy (non-hydrogen) atoms. The van der Waals surface area contributed by atoms with Crippen LogP contribution in [0.15, 0.2) is 24.3 Å². The molecule has 0 radical (unpaired) electrons. The Bertz CT molecular complexity index is 373. The van der Waals surface area contributed by atoms with Crippen LogP contribution in [0.25, 0.3) is 0 Å². The largest absolute Gasteiger partial charge is 0.467 e. The van der Waals surface area contributed by atoms with E-state index < -0.39 is 0 Å². The van der Waals surface area contributed by atoms with E-state index in [9.17, 15) is 4.79 Å². The Morgan fingerprint density at radius 2 is 1.89 bits per heavy atom. The Hall–Kier alpha value is -1.51. The van der Waals surface area contributed by atoms with E-state index in [4.69, 9.17) is 4.74 Å². The minimum Gasteiger partial charge on any atom is -0.467 e. The van der Waals surface area contributed by atoms with Crippen molar-refractivity contribution in [2.75, 3.05) is 12.4 Å². The van der Waals surface area contributed by atoms with E-state index in [1.165, 1.54) is 12.7 Å². The number of unbranched alkanes of at least 4 members (excludes halogenated alkanes) is 1. The van der Waals surface area contributed by atoms with Gasteiger partial charge in [0.05, 0.1) is 7.11 Å². The van der Waals surface area contributed by atoms with Gasteiger partial charge in [-0.1, -0.05) is 45.2 Å².